The van der Waals surface area contributed by atoms with Crippen molar-refractivity contribution in [2.75, 3.05) is 18.4 Å². The number of carbonyl (C=O) groups excluding carboxylic acids is 1. The van der Waals surface area contributed by atoms with E-state index in [-0.39, 0.29) is 5.91 Å². The van der Waals surface area contributed by atoms with Crippen LogP contribution in [0.3, 0.4) is 0 Å². The standard InChI is InChI=1S/C11H19N3O2/c1-8(2)7-13-11(15)4-5-12-10-6-9(3)16-14-10/h6,8H,4-5,7H2,1-3H3,(H,12,14)(H,13,15). The zero-order valence-electron chi connectivity index (χ0n) is 10.0. The summed E-state index contributed by atoms with van der Waals surface area (Å²) in [6.07, 6.45) is 0.443. The molecule has 0 atom stereocenters. The lowest BCUT2D eigenvalue weighted by Crippen LogP contribution is -2.28. The monoisotopic (exact) mass is 225 g/mol. The van der Waals surface area contributed by atoms with Crippen molar-refractivity contribution in [1.82, 2.24) is 10.5 Å². The quantitative estimate of drug-likeness (QED) is 0.771. The van der Waals surface area contributed by atoms with Crippen LogP contribution in [0.5, 0.6) is 0 Å². The molecule has 1 amide bonds. The third-order valence-corrected chi connectivity index (χ3v) is 1.99. The molecule has 0 radical (unpaired) electrons. The van der Waals surface area contributed by atoms with Crippen LogP contribution in [0.15, 0.2) is 10.6 Å². The van der Waals surface area contributed by atoms with Gasteiger partial charge in [0.05, 0.1) is 0 Å². The lowest BCUT2D eigenvalue weighted by Gasteiger charge is -2.07. The molecule has 1 rings (SSSR count). The number of hydrogen-bond donors (Lipinski definition) is 2. The molecule has 90 valence electrons. The van der Waals surface area contributed by atoms with Gasteiger partial charge in [-0.1, -0.05) is 19.0 Å². The van der Waals surface area contributed by atoms with Crippen molar-refractivity contribution >= 4 is 11.7 Å². The van der Waals surface area contributed by atoms with Crippen LogP contribution in [-0.4, -0.2) is 24.2 Å². The minimum Gasteiger partial charge on any atom is -0.367 e. The number of rotatable bonds is 6. The average Bonchev–Trinajstić information content (AvgIpc) is 2.61. The molecule has 2 N–H and O–H groups in total. The molecule has 0 aliphatic carbocycles. The summed E-state index contributed by atoms with van der Waals surface area (Å²) in [6.45, 7) is 7.25. The molecule has 5 heteroatoms. The van der Waals surface area contributed by atoms with Crippen LogP contribution in [0.25, 0.3) is 0 Å². The largest absolute Gasteiger partial charge is 0.367 e. The highest BCUT2D eigenvalue weighted by molar-refractivity contribution is 5.76. The number of aryl methyl sites for hydroxylation is 1. The molecule has 0 spiro atoms. The second kappa shape index (κ2) is 6.15. The summed E-state index contributed by atoms with van der Waals surface area (Å²) in [5.41, 5.74) is 0. The fourth-order valence-corrected chi connectivity index (χ4v) is 1.16. The molecule has 0 aliphatic rings. The van der Waals surface area contributed by atoms with Crippen LogP contribution in [0, 0.1) is 12.8 Å². The van der Waals surface area contributed by atoms with Gasteiger partial charge < -0.3 is 15.2 Å². The molecular weight excluding hydrogens is 206 g/mol. The Hall–Kier alpha value is -1.52. The minimum absolute atomic E-state index is 0.0569. The van der Waals surface area contributed by atoms with E-state index in [1.807, 2.05) is 6.92 Å². The normalized spacial score (nSPS) is 10.5. The van der Waals surface area contributed by atoms with Gasteiger partial charge in [0.1, 0.15) is 5.76 Å². The number of aromatic nitrogens is 1. The first kappa shape index (κ1) is 12.5. The first-order valence-electron chi connectivity index (χ1n) is 5.52. The Kier molecular flexibility index (Phi) is 4.82. The van der Waals surface area contributed by atoms with Crippen molar-refractivity contribution in [3.63, 3.8) is 0 Å². The Balaban J connectivity index is 2.13. The van der Waals surface area contributed by atoms with Gasteiger partial charge >= 0.3 is 0 Å². The summed E-state index contributed by atoms with van der Waals surface area (Å²) in [5.74, 6) is 1.97. The summed E-state index contributed by atoms with van der Waals surface area (Å²) >= 11 is 0. The van der Waals surface area contributed by atoms with Crippen LogP contribution in [0.1, 0.15) is 26.0 Å². The molecule has 0 aliphatic heterocycles. The van der Waals surface area contributed by atoms with Gasteiger partial charge in [-0.3, -0.25) is 4.79 Å². The van der Waals surface area contributed by atoms with E-state index >= 15 is 0 Å². The smallest absolute Gasteiger partial charge is 0.221 e. The lowest BCUT2D eigenvalue weighted by molar-refractivity contribution is -0.120. The SMILES string of the molecule is Cc1cc(NCCC(=O)NCC(C)C)no1. The Bertz CT molecular complexity index is 334. The molecular formula is C11H19N3O2. The van der Waals surface area contributed by atoms with E-state index in [1.165, 1.54) is 0 Å². The molecule has 0 saturated heterocycles. The highest BCUT2D eigenvalue weighted by Crippen LogP contribution is 2.06. The molecule has 1 heterocycles. The molecule has 0 unspecified atom stereocenters. The first-order valence-corrected chi connectivity index (χ1v) is 5.52. The average molecular weight is 225 g/mol. The summed E-state index contributed by atoms with van der Waals surface area (Å²) in [5, 5.41) is 9.64. The number of nitrogens with one attached hydrogen (secondary N) is 2. The van der Waals surface area contributed by atoms with Gasteiger partial charge in [-0.05, 0) is 12.8 Å². The number of nitrogens with zero attached hydrogens (tertiary/aromatic N) is 1. The van der Waals surface area contributed by atoms with Crippen LogP contribution in [0.2, 0.25) is 0 Å². The topological polar surface area (TPSA) is 67.2 Å². The van der Waals surface area contributed by atoms with Crippen molar-refractivity contribution in [2.24, 2.45) is 5.92 Å². The van der Waals surface area contributed by atoms with E-state index in [0.29, 0.717) is 24.7 Å². The van der Waals surface area contributed by atoms with Crippen molar-refractivity contribution in [3.8, 4) is 0 Å². The van der Waals surface area contributed by atoms with Crippen molar-refractivity contribution < 1.29 is 9.32 Å². The Morgan fingerprint density at radius 1 is 1.56 bits per heavy atom. The third-order valence-electron chi connectivity index (χ3n) is 1.99. The van der Waals surface area contributed by atoms with Crippen molar-refractivity contribution in [1.29, 1.82) is 0 Å². The number of hydrogen-bond acceptors (Lipinski definition) is 4. The van der Waals surface area contributed by atoms with Gasteiger partial charge in [0.2, 0.25) is 5.91 Å². The van der Waals surface area contributed by atoms with E-state index in [0.717, 1.165) is 12.3 Å². The van der Waals surface area contributed by atoms with E-state index in [2.05, 4.69) is 29.6 Å². The Labute approximate surface area is 95.6 Å². The van der Waals surface area contributed by atoms with Gasteiger partial charge in [0.15, 0.2) is 5.82 Å². The molecule has 0 fully saturated rings. The van der Waals surface area contributed by atoms with E-state index < -0.39 is 0 Å². The third kappa shape index (κ3) is 4.82. The maximum Gasteiger partial charge on any atom is 0.221 e. The van der Waals surface area contributed by atoms with Gasteiger partial charge in [-0.15, -0.1) is 0 Å². The lowest BCUT2D eigenvalue weighted by atomic mass is 10.2. The van der Waals surface area contributed by atoms with Gasteiger partial charge in [-0.25, -0.2) is 0 Å². The van der Waals surface area contributed by atoms with Crippen molar-refractivity contribution in [3.05, 3.63) is 11.8 Å². The fraction of sp³-hybridized carbons (Fsp3) is 0.636. The number of anilines is 1. The Morgan fingerprint density at radius 2 is 2.31 bits per heavy atom. The molecule has 1 aromatic rings. The predicted octanol–water partition coefficient (Wildman–Crippen LogP) is 1.56. The second-order valence-electron chi connectivity index (χ2n) is 4.20. The Morgan fingerprint density at radius 3 is 2.88 bits per heavy atom. The summed E-state index contributed by atoms with van der Waals surface area (Å²) in [6, 6.07) is 1.80. The van der Waals surface area contributed by atoms with Crippen LogP contribution < -0.4 is 10.6 Å². The van der Waals surface area contributed by atoms with Crippen LogP contribution >= 0.6 is 0 Å². The minimum atomic E-state index is 0.0569. The second-order valence-corrected chi connectivity index (χ2v) is 4.20. The van der Waals surface area contributed by atoms with Gasteiger partial charge in [0, 0.05) is 25.6 Å². The maximum atomic E-state index is 11.3. The first-order chi connectivity index (χ1) is 7.58. The van der Waals surface area contributed by atoms with E-state index in [4.69, 9.17) is 4.52 Å². The van der Waals surface area contributed by atoms with E-state index in [1.54, 1.807) is 6.07 Å². The van der Waals surface area contributed by atoms with Crippen LogP contribution in [-0.2, 0) is 4.79 Å². The zero-order valence-corrected chi connectivity index (χ0v) is 10.0. The predicted molar refractivity (Wildman–Crippen MR) is 62.2 cm³/mol. The number of amides is 1. The molecule has 1 aromatic heterocycles. The summed E-state index contributed by atoms with van der Waals surface area (Å²) in [4.78, 5) is 11.3. The molecule has 0 saturated carbocycles. The molecule has 16 heavy (non-hydrogen) atoms. The maximum absolute atomic E-state index is 11.3. The number of carbonyl (C=O) groups is 1. The molecule has 0 bridgehead atoms. The molecule has 0 aromatic carbocycles. The van der Waals surface area contributed by atoms with Gasteiger partial charge in [-0.2, -0.15) is 0 Å². The van der Waals surface area contributed by atoms with Gasteiger partial charge in [0.25, 0.3) is 0 Å². The zero-order chi connectivity index (χ0) is 12.0. The van der Waals surface area contributed by atoms with Crippen molar-refractivity contribution in [2.45, 2.75) is 27.2 Å². The summed E-state index contributed by atoms with van der Waals surface area (Å²) in [7, 11) is 0. The summed E-state index contributed by atoms with van der Waals surface area (Å²) < 4.78 is 4.89. The fourth-order valence-electron chi connectivity index (χ4n) is 1.16. The highest BCUT2D eigenvalue weighted by atomic mass is 16.5. The highest BCUT2D eigenvalue weighted by Gasteiger charge is 2.03. The van der Waals surface area contributed by atoms with E-state index in [9.17, 15) is 4.79 Å². The molecule has 5 nitrogen and oxygen atoms in total. The van der Waals surface area contributed by atoms with Crippen LogP contribution in [0.4, 0.5) is 5.82 Å².